The summed E-state index contributed by atoms with van der Waals surface area (Å²) in [4.78, 5) is 18.4. The molecular weight excluding hydrogens is 428 g/mol. The average molecular weight is 449 g/mol. The number of carbonyl (C=O) groups excluding carboxylic acids is 1. The number of anilines is 1. The summed E-state index contributed by atoms with van der Waals surface area (Å²) < 4.78 is 24.3. The van der Waals surface area contributed by atoms with Crippen LogP contribution in [0.15, 0.2) is 60.0 Å². The summed E-state index contributed by atoms with van der Waals surface area (Å²) in [7, 11) is -1.95. The summed E-state index contributed by atoms with van der Waals surface area (Å²) in [6.07, 6.45) is 2.93. The SMILES string of the molecule is CC(c1ccc(S(N)(=O)=O)cc1)N(C)CC(=O)Nc1cc(Cl)ccc1-n1cncn1. The quantitative estimate of drug-likeness (QED) is 0.571. The van der Waals surface area contributed by atoms with Gasteiger partial charge in [-0.2, -0.15) is 5.10 Å². The van der Waals surface area contributed by atoms with Crippen molar-refractivity contribution in [1.29, 1.82) is 0 Å². The molecule has 0 saturated carbocycles. The van der Waals surface area contributed by atoms with Crippen molar-refractivity contribution in [2.75, 3.05) is 18.9 Å². The summed E-state index contributed by atoms with van der Waals surface area (Å²) in [5, 5.41) is 12.5. The molecule has 0 spiro atoms. The van der Waals surface area contributed by atoms with Crippen LogP contribution < -0.4 is 10.5 Å². The largest absolute Gasteiger partial charge is 0.323 e. The Balaban J connectivity index is 1.70. The van der Waals surface area contributed by atoms with Gasteiger partial charge in [0.2, 0.25) is 15.9 Å². The number of carbonyl (C=O) groups is 1. The Morgan fingerprint density at radius 2 is 1.97 bits per heavy atom. The number of nitrogens with one attached hydrogen (secondary N) is 1. The van der Waals surface area contributed by atoms with Gasteiger partial charge in [-0.3, -0.25) is 9.69 Å². The third-order valence-corrected chi connectivity index (χ3v) is 5.81. The minimum atomic E-state index is -3.75. The number of hydrogen-bond donors (Lipinski definition) is 2. The second kappa shape index (κ2) is 8.92. The van der Waals surface area contributed by atoms with E-state index in [9.17, 15) is 13.2 Å². The van der Waals surface area contributed by atoms with Gasteiger partial charge in [0.05, 0.1) is 22.8 Å². The van der Waals surface area contributed by atoms with Crippen LogP contribution in [0.25, 0.3) is 5.69 Å². The van der Waals surface area contributed by atoms with E-state index in [0.29, 0.717) is 16.4 Å². The molecule has 0 aliphatic rings. The summed E-state index contributed by atoms with van der Waals surface area (Å²) in [5.41, 5.74) is 2.00. The van der Waals surface area contributed by atoms with Crippen LogP contribution in [0.4, 0.5) is 5.69 Å². The predicted molar refractivity (Wildman–Crippen MR) is 114 cm³/mol. The first kappa shape index (κ1) is 21.9. The second-order valence-electron chi connectivity index (χ2n) is 6.75. The number of hydrogen-bond acceptors (Lipinski definition) is 6. The van der Waals surface area contributed by atoms with Crippen LogP contribution >= 0.6 is 11.6 Å². The zero-order valence-corrected chi connectivity index (χ0v) is 17.9. The first-order chi connectivity index (χ1) is 14.1. The number of benzene rings is 2. The number of primary sulfonamides is 1. The minimum absolute atomic E-state index is 0.0421. The van der Waals surface area contributed by atoms with E-state index < -0.39 is 10.0 Å². The summed E-state index contributed by atoms with van der Waals surface area (Å²) in [6.45, 7) is 2.01. The fraction of sp³-hybridized carbons (Fsp3) is 0.211. The molecule has 30 heavy (non-hydrogen) atoms. The Labute approximate surface area is 179 Å². The van der Waals surface area contributed by atoms with E-state index in [-0.39, 0.29) is 23.4 Å². The standard InChI is InChI=1S/C19H21ClN6O3S/c1-13(14-3-6-16(7-4-14)30(21,28)29)25(2)10-19(27)24-17-9-15(20)5-8-18(17)26-12-22-11-23-26/h3-9,11-13H,10H2,1-2H3,(H,24,27)(H2,21,28,29). The molecule has 3 N–H and O–H groups in total. The van der Waals surface area contributed by atoms with E-state index in [0.717, 1.165) is 5.56 Å². The number of aromatic nitrogens is 3. The Morgan fingerprint density at radius 3 is 2.57 bits per heavy atom. The molecule has 0 bridgehead atoms. The zero-order chi connectivity index (χ0) is 21.9. The van der Waals surface area contributed by atoms with Gasteiger partial charge in [0, 0.05) is 11.1 Å². The Morgan fingerprint density at radius 1 is 1.27 bits per heavy atom. The highest BCUT2D eigenvalue weighted by Gasteiger charge is 2.17. The fourth-order valence-corrected chi connectivity index (χ4v) is 3.57. The van der Waals surface area contributed by atoms with E-state index in [1.807, 2.05) is 11.8 Å². The number of nitrogens with two attached hydrogens (primary N) is 1. The number of rotatable bonds is 7. The molecule has 0 aliphatic carbocycles. The molecule has 2 aromatic carbocycles. The topological polar surface area (TPSA) is 123 Å². The minimum Gasteiger partial charge on any atom is -0.323 e. The maximum absolute atomic E-state index is 12.6. The van der Waals surface area contributed by atoms with Crippen molar-refractivity contribution >= 4 is 33.2 Å². The molecule has 3 aromatic rings. The number of halogens is 1. The zero-order valence-electron chi connectivity index (χ0n) is 16.4. The molecule has 9 nitrogen and oxygen atoms in total. The van der Waals surface area contributed by atoms with Crippen molar-refractivity contribution in [2.24, 2.45) is 5.14 Å². The molecular formula is C19H21ClN6O3S. The van der Waals surface area contributed by atoms with Gasteiger partial charge >= 0.3 is 0 Å². The van der Waals surface area contributed by atoms with E-state index in [1.54, 1.807) is 37.4 Å². The van der Waals surface area contributed by atoms with Gasteiger partial charge in [0.1, 0.15) is 12.7 Å². The third-order valence-electron chi connectivity index (χ3n) is 4.64. The first-order valence-corrected chi connectivity index (χ1v) is 10.8. The molecule has 11 heteroatoms. The lowest BCUT2D eigenvalue weighted by Crippen LogP contribution is -2.32. The van der Waals surface area contributed by atoms with Crippen molar-refractivity contribution in [2.45, 2.75) is 17.9 Å². The Kier molecular flexibility index (Phi) is 6.52. The maximum atomic E-state index is 12.6. The number of likely N-dealkylation sites (N-methyl/N-ethyl adjacent to an activating group) is 1. The lowest BCUT2D eigenvalue weighted by atomic mass is 10.1. The van der Waals surface area contributed by atoms with Crippen LogP contribution in [0.3, 0.4) is 0 Å². The van der Waals surface area contributed by atoms with E-state index in [4.69, 9.17) is 16.7 Å². The highest BCUT2D eigenvalue weighted by molar-refractivity contribution is 7.89. The van der Waals surface area contributed by atoms with Gasteiger partial charge in [0.25, 0.3) is 0 Å². The molecule has 1 atom stereocenters. The smallest absolute Gasteiger partial charge is 0.238 e. The lowest BCUT2D eigenvalue weighted by molar-refractivity contribution is -0.117. The highest BCUT2D eigenvalue weighted by Crippen LogP contribution is 2.25. The third kappa shape index (κ3) is 5.22. The van der Waals surface area contributed by atoms with Crippen molar-refractivity contribution in [3.63, 3.8) is 0 Å². The van der Waals surface area contributed by atoms with Gasteiger partial charge in [-0.25, -0.2) is 23.2 Å². The molecule has 0 aliphatic heterocycles. The summed E-state index contributed by atoms with van der Waals surface area (Å²) >= 11 is 6.08. The van der Waals surface area contributed by atoms with Crippen LogP contribution in [0.5, 0.6) is 0 Å². The molecule has 158 valence electrons. The Bertz CT molecular complexity index is 1130. The number of nitrogens with zero attached hydrogens (tertiary/aromatic N) is 4. The van der Waals surface area contributed by atoms with Gasteiger partial charge < -0.3 is 5.32 Å². The van der Waals surface area contributed by atoms with Crippen LogP contribution in [0.2, 0.25) is 5.02 Å². The van der Waals surface area contributed by atoms with Crippen molar-refractivity contribution < 1.29 is 13.2 Å². The van der Waals surface area contributed by atoms with Gasteiger partial charge in [-0.15, -0.1) is 0 Å². The highest BCUT2D eigenvalue weighted by atomic mass is 35.5. The molecule has 1 aromatic heterocycles. The van der Waals surface area contributed by atoms with Crippen LogP contribution in [-0.4, -0.2) is 47.6 Å². The normalized spacial score (nSPS) is 12.7. The van der Waals surface area contributed by atoms with E-state index in [1.165, 1.54) is 29.5 Å². The lowest BCUT2D eigenvalue weighted by Gasteiger charge is -2.25. The molecule has 1 amide bonds. The molecule has 1 heterocycles. The predicted octanol–water partition coefficient (Wildman–Crippen LogP) is 2.20. The van der Waals surface area contributed by atoms with Crippen LogP contribution in [-0.2, 0) is 14.8 Å². The van der Waals surface area contributed by atoms with E-state index >= 15 is 0 Å². The molecule has 1 unspecified atom stereocenters. The first-order valence-electron chi connectivity index (χ1n) is 8.92. The number of sulfonamides is 1. The molecule has 0 fully saturated rings. The fourth-order valence-electron chi connectivity index (χ4n) is 2.88. The summed E-state index contributed by atoms with van der Waals surface area (Å²) in [6, 6.07) is 11.2. The van der Waals surface area contributed by atoms with Gasteiger partial charge in [0.15, 0.2) is 0 Å². The molecule has 0 radical (unpaired) electrons. The van der Waals surface area contributed by atoms with E-state index in [2.05, 4.69) is 15.4 Å². The Hall–Kier alpha value is -2.79. The second-order valence-corrected chi connectivity index (χ2v) is 8.75. The number of amides is 1. The molecule has 3 rings (SSSR count). The van der Waals surface area contributed by atoms with Crippen LogP contribution in [0, 0.1) is 0 Å². The van der Waals surface area contributed by atoms with Gasteiger partial charge in [-0.05, 0) is 49.9 Å². The van der Waals surface area contributed by atoms with Crippen LogP contribution in [0.1, 0.15) is 18.5 Å². The maximum Gasteiger partial charge on any atom is 0.238 e. The van der Waals surface area contributed by atoms with Crippen molar-refractivity contribution in [3.05, 3.63) is 65.7 Å². The average Bonchev–Trinajstić information content (AvgIpc) is 3.21. The monoisotopic (exact) mass is 448 g/mol. The van der Waals surface area contributed by atoms with Crippen molar-refractivity contribution in [3.8, 4) is 5.69 Å². The molecule has 0 saturated heterocycles. The van der Waals surface area contributed by atoms with Crippen molar-refractivity contribution in [1.82, 2.24) is 19.7 Å². The summed E-state index contributed by atoms with van der Waals surface area (Å²) in [5.74, 6) is -0.242. The van der Waals surface area contributed by atoms with Gasteiger partial charge in [-0.1, -0.05) is 23.7 Å².